The number of nitrogens with zero attached hydrogens (tertiary/aromatic N) is 6. The van der Waals surface area contributed by atoms with Crippen molar-refractivity contribution in [2.45, 2.75) is 31.0 Å². The molecule has 11 nitrogen and oxygen atoms in total. The van der Waals surface area contributed by atoms with E-state index in [9.17, 15) is 14.7 Å². The number of aromatic carboxylic acids is 1. The van der Waals surface area contributed by atoms with Gasteiger partial charge in [0, 0.05) is 43.0 Å². The summed E-state index contributed by atoms with van der Waals surface area (Å²) in [5, 5.41) is 9.95. The minimum atomic E-state index is -1.42. The van der Waals surface area contributed by atoms with Crippen LogP contribution in [0.5, 0.6) is 11.6 Å². The lowest BCUT2D eigenvalue weighted by molar-refractivity contribution is 0.0695. The molecule has 0 spiro atoms. The third kappa shape index (κ3) is 5.57. The molecular formula is C33H32ClFN6O5. The summed E-state index contributed by atoms with van der Waals surface area (Å²) in [4.78, 5) is 40.2. The number of rotatable bonds is 9. The highest BCUT2D eigenvalue weighted by Crippen LogP contribution is 2.37. The number of fused-ring (bicyclic) bond motifs is 1. The molecule has 5 heterocycles. The number of hydrogen-bond acceptors (Lipinski definition) is 9. The maximum atomic E-state index is 16.0. The number of terminal acetylenes is 1. The maximum Gasteiger partial charge on any atom is 0.341 e. The molecule has 0 bridgehead atoms. The van der Waals surface area contributed by atoms with Gasteiger partial charge in [-0.25, -0.2) is 19.2 Å². The molecule has 1 N–H and O–H groups in total. The van der Waals surface area contributed by atoms with E-state index in [4.69, 9.17) is 27.5 Å². The molecular weight excluding hydrogens is 615 g/mol. The van der Waals surface area contributed by atoms with E-state index in [0.717, 1.165) is 25.0 Å². The second kappa shape index (κ2) is 12.5. The van der Waals surface area contributed by atoms with Crippen molar-refractivity contribution in [3.8, 4) is 29.7 Å². The van der Waals surface area contributed by atoms with Crippen LogP contribution in [-0.2, 0) is 0 Å². The second-order valence-electron chi connectivity index (χ2n) is 11.5. The van der Waals surface area contributed by atoms with Gasteiger partial charge in [-0.2, -0.15) is 0 Å². The van der Waals surface area contributed by atoms with Gasteiger partial charge in [-0.1, -0.05) is 17.5 Å². The first-order chi connectivity index (χ1) is 22.1. The zero-order chi connectivity index (χ0) is 32.7. The van der Waals surface area contributed by atoms with Crippen LogP contribution in [-0.4, -0.2) is 89.5 Å². The minimum absolute atomic E-state index is 0.0848. The first-order valence-corrected chi connectivity index (χ1v) is 15.0. The van der Waals surface area contributed by atoms with Crippen LogP contribution < -0.4 is 24.7 Å². The topological polar surface area (TPSA) is 113 Å². The standard InChI is InChI=1S/C33H32ClFN6O5/c1-5-19-6-7-21(18-46-32-30(34)28(45-4)10-11-36-32)41(19)27-13-26-23(12-25(27)35)31(42)24(33(43)44)17-40(26)20-8-9-29(37-14-20)39-15-22(16-39)38(2)3/h1,8-14,17,19,21-22H,6-7,15-16,18H2,2-4H3,(H,43,44)/t19-,21-/m1/s1. The van der Waals surface area contributed by atoms with Crippen molar-refractivity contribution in [2.24, 2.45) is 0 Å². The lowest BCUT2D eigenvalue weighted by atomic mass is 10.1. The molecule has 1 aromatic carbocycles. The number of likely N-dealkylation sites (N-methyl/N-ethyl adjacent to an activating group) is 1. The van der Waals surface area contributed by atoms with Crippen molar-refractivity contribution >= 4 is 40.0 Å². The van der Waals surface area contributed by atoms with Crippen molar-refractivity contribution in [2.75, 3.05) is 50.7 Å². The fraction of sp³-hybridized carbons (Fsp3) is 0.333. The lowest BCUT2D eigenvalue weighted by Gasteiger charge is -2.43. The Bertz CT molecular complexity index is 1900. The molecule has 0 aliphatic carbocycles. The fourth-order valence-electron chi connectivity index (χ4n) is 5.99. The Hall–Kier alpha value is -4.86. The van der Waals surface area contributed by atoms with Crippen LogP contribution in [0.4, 0.5) is 15.9 Å². The molecule has 2 aliphatic heterocycles. The zero-order valence-corrected chi connectivity index (χ0v) is 26.2. The van der Waals surface area contributed by atoms with Crippen LogP contribution in [0, 0.1) is 18.2 Å². The van der Waals surface area contributed by atoms with Gasteiger partial charge in [-0.05, 0) is 51.2 Å². The van der Waals surface area contributed by atoms with Gasteiger partial charge in [0.05, 0.1) is 42.3 Å². The van der Waals surface area contributed by atoms with Crippen LogP contribution in [0.1, 0.15) is 23.2 Å². The Morgan fingerprint density at radius 1 is 1.22 bits per heavy atom. The molecule has 2 saturated heterocycles. The number of carboxylic acids is 1. The monoisotopic (exact) mass is 646 g/mol. The van der Waals surface area contributed by atoms with Crippen LogP contribution in [0.25, 0.3) is 16.6 Å². The number of methoxy groups -OCH3 is 1. The average molecular weight is 647 g/mol. The van der Waals surface area contributed by atoms with Gasteiger partial charge >= 0.3 is 5.97 Å². The van der Waals surface area contributed by atoms with E-state index in [-0.39, 0.29) is 34.6 Å². The number of benzene rings is 1. The third-order valence-electron chi connectivity index (χ3n) is 8.66. The fourth-order valence-corrected chi connectivity index (χ4v) is 6.23. The number of carbonyl (C=O) groups is 1. The summed E-state index contributed by atoms with van der Waals surface area (Å²) in [5.41, 5.74) is -0.318. The van der Waals surface area contributed by atoms with E-state index in [0.29, 0.717) is 35.8 Å². The first kappa shape index (κ1) is 31.1. The SMILES string of the molecule is C#C[C@@H]1CC[C@H](COc2nccc(OC)c2Cl)N1c1cc2c(cc1F)c(=O)c(C(=O)O)cn2-c1ccc(N2CC(N(C)C)C2)nc1. The number of halogens is 2. The van der Waals surface area contributed by atoms with Crippen LogP contribution >= 0.6 is 11.6 Å². The predicted molar refractivity (Wildman–Crippen MR) is 173 cm³/mol. The highest BCUT2D eigenvalue weighted by molar-refractivity contribution is 6.33. The Morgan fingerprint density at radius 3 is 2.65 bits per heavy atom. The molecule has 13 heteroatoms. The van der Waals surface area contributed by atoms with Gasteiger partial charge in [0.2, 0.25) is 11.3 Å². The number of anilines is 2. The Morgan fingerprint density at radius 2 is 2.00 bits per heavy atom. The van der Waals surface area contributed by atoms with Gasteiger partial charge in [0.25, 0.3) is 0 Å². The number of pyridine rings is 3. The van der Waals surface area contributed by atoms with Gasteiger partial charge in [0.1, 0.15) is 34.6 Å². The summed E-state index contributed by atoms with van der Waals surface area (Å²) in [6, 6.07) is 7.47. The maximum absolute atomic E-state index is 16.0. The molecule has 6 rings (SSSR count). The number of hydrogen-bond donors (Lipinski definition) is 1. The van der Waals surface area contributed by atoms with Gasteiger partial charge < -0.3 is 33.8 Å². The molecule has 46 heavy (non-hydrogen) atoms. The van der Waals surface area contributed by atoms with E-state index in [1.807, 2.05) is 20.2 Å². The van der Waals surface area contributed by atoms with Crippen LogP contribution in [0.2, 0.25) is 5.02 Å². The molecule has 0 amide bonds. The van der Waals surface area contributed by atoms with Gasteiger partial charge in [-0.3, -0.25) is 4.79 Å². The quantitative estimate of drug-likeness (QED) is 0.267. The smallest absolute Gasteiger partial charge is 0.341 e. The summed E-state index contributed by atoms with van der Waals surface area (Å²) in [6.07, 6.45) is 11.4. The minimum Gasteiger partial charge on any atom is -0.495 e. The van der Waals surface area contributed by atoms with E-state index >= 15 is 4.39 Å². The average Bonchev–Trinajstić information content (AvgIpc) is 3.42. The number of ether oxygens (including phenoxy) is 2. The Balaban J connectivity index is 1.39. The molecule has 2 atom stereocenters. The summed E-state index contributed by atoms with van der Waals surface area (Å²) in [7, 11) is 5.56. The molecule has 3 aromatic heterocycles. The van der Waals surface area contributed by atoms with Crippen molar-refractivity contribution in [1.82, 2.24) is 19.4 Å². The molecule has 0 saturated carbocycles. The molecule has 0 radical (unpaired) electrons. The van der Waals surface area contributed by atoms with Crippen molar-refractivity contribution < 1.29 is 23.8 Å². The van der Waals surface area contributed by atoms with Crippen molar-refractivity contribution in [1.29, 1.82) is 0 Å². The summed E-state index contributed by atoms with van der Waals surface area (Å²) in [5.74, 6) is 1.96. The van der Waals surface area contributed by atoms with Crippen molar-refractivity contribution in [3.63, 3.8) is 0 Å². The normalized spacial score (nSPS) is 18.1. The number of carboxylic acid groups (broad SMARTS) is 1. The van der Waals surface area contributed by atoms with Gasteiger partial charge in [0.15, 0.2) is 0 Å². The van der Waals surface area contributed by atoms with Crippen LogP contribution in [0.15, 0.2) is 53.7 Å². The van der Waals surface area contributed by atoms with Crippen LogP contribution in [0.3, 0.4) is 0 Å². The second-order valence-corrected chi connectivity index (χ2v) is 11.9. The molecule has 238 valence electrons. The highest BCUT2D eigenvalue weighted by Gasteiger charge is 2.36. The van der Waals surface area contributed by atoms with Crippen molar-refractivity contribution in [3.05, 3.63) is 75.5 Å². The summed E-state index contributed by atoms with van der Waals surface area (Å²) in [6.45, 7) is 1.77. The third-order valence-corrected chi connectivity index (χ3v) is 9.00. The van der Waals surface area contributed by atoms with Gasteiger partial charge in [-0.15, -0.1) is 6.42 Å². The predicted octanol–water partition coefficient (Wildman–Crippen LogP) is 4.08. The highest BCUT2D eigenvalue weighted by atomic mass is 35.5. The van der Waals surface area contributed by atoms with E-state index in [1.54, 1.807) is 27.8 Å². The zero-order valence-electron chi connectivity index (χ0n) is 25.5. The molecule has 2 fully saturated rings. The first-order valence-electron chi connectivity index (χ1n) is 14.7. The Kier molecular flexibility index (Phi) is 8.46. The summed E-state index contributed by atoms with van der Waals surface area (Å²) < 4.78 is 28.7. The van der Waals surface area contributed by atoms with E-state index < -0.39 is 28.8 Å². The van der Waals surface area contributed by atoms with E-state index in [2.05, 4.69) is 25.7 Å². The summed E-state index contributed by atoms with van der Waals surface area (Å²) >= 11 is 6.37. The lowest BCUT2D eigenvalue weighted by Crippen LogP contribution is -2.57. The number of aromatic nitrogens is 3. The molecule has 0 unspecified atom stereocenters. The van der Waals surface area contributed by atoms with E-state index in [1.165, 1.54) is 25.6 Å². The largest absolute Gasteiger partial charge is 0.495 e. The Labute approximate surface area is 269 Å². The molecule has 2 aliphatic rings. The molecule has 4 aromatic rings.